The average molecular weight is 687 g/mol. The molecule has 5 aromatic rings. The minimum atomic E-state index is 0. The second-order valence-corrected chi connectivity index (χ2v) is 11.1. The number of aryl methyl sites for hydroxylation is 2. The molecule has 0 bridgehead atoms. The van der Waals surface area contributed by atoms with Crippen LogP contribution < -0.4 is 0 Å². The summed E-state index contributed by atoms with van der Waals surface area (Å²) >= 11 is 0. The molecule has 0 unspecified atom stereocenters. The van der Waals surface area contributed by atoms with Crippen LogP contribution in [-0.4, -0.2) is 9.97 Å². The van der Waals surface area contributed by atoms with E-state index >= 15 is 0 Å². The fourth-order valence-electron chi connectivity index (χ4n) is 5.17. The molecule has 2 heterocycles. The zero-order chi connectivity index (χ0) is 26.9. The number of hydrogen-bond donors (Lipinski definition) is 0. The third-order valence-corrected chi connectivity index (χ3v) is 8.35. The van der Waals surface area contributed by atoms with Crippen LogP contribution in [0.15, 0.2) is 97.2 Å². The molecule has 0 amide bonds. The van der Waals surface area contributed by atoms with Crippen molar-refractivity contribution in [2.75, 3.05) is 0 Å². The Morgan fingerprint density at radius 1 is 0.641 bits per heavy atom. The molecule has 0 N–H and O–H groups in total. The van der Waals surface area contributed by atoms with E-state index < -0.39 is 0 Å². The summed E-state index contributed by atoms with van der Waals surface area (Å²) in [4.78, 5) is 9.00. The molecular weight excluding hydrogens is 653 g/mol. The zero-order valence-corrected chi connectivity index (χ0v) is 25.9. The standard InChI is InChI=1S/C23H22N.C13H12N.Ir/c1-22(2)19-10-6-5-9-17(19)18-15-16(21-11-7-8-14-24-21)12-13-20(18)23(22,3)4;1-10-8-9-13(14-11(10)2)12-6-4-3-5-7-12;/h5-11,13-15H,1-4H3;3-6,8-9H,1-2H3;/q2*-1;. The van der Waals surface area contributed by atoms with E-state index in [1.165, 1.54) is 27.8 Å². The monoisotopic (exact) mass is 687 g/mol. The fraction of sp³-hybridized carbons (Fsp3) is 0.222. The number of aromatic nitrogens is 2. The summed E-state index contributed by atoms with van der Waals surface area (Å²) in [6, 6.07) is 37.9. The van der Waals surface area contributed by atoms with Crippen LogP contribution in [0.4, 0.5) is 0 Å². The van der Waals surface area contributed by atoms with E-state index in [0.717, 1.165) is 28.2 Å². The first kappa shape index (κ1) is 28.6. The van der Waals surface area contributed by atoms with Crippen LogP contribution >= 0.6 is 0 Å². The van der Waals surface area contributed by atoms with Crippen LogP contribution in [0.3, 0.4) is 0 Å². The number of pyridine rings is 2. The molecule has 6 rings (SSSR count). The van der Waals surface area contributed by atoms with Crippen LogP contribution in [0.1, 0.15) is 50.1 Å². The molecule has 2 aromatic heterocycles. The van der Waals surface area contributed by atoms with Gasteiger partial charge in [0.05, 0.1) is 0 Å². The Labute approximate surface area is 246 Å². The normalized spacial score (nSPS) is 14.1. The maximum absolute atomic E-state index is 4.51. The summed E-state index contributed by atoms with van der Waals surface area (Å²) in [5, 5.41) is 0. The van der Waals surface area contributed by atoms with Gasteiger partial charge in [-0.05, 0) is 58.8 Å². The number of hydrogen-bond acceptors (Lipinski definition) is 2. The Hall–Kier alpha value is -3.39. The van der Waals surface area contributed by atoms with Crippen LogP contribution in [0.2, 0.25) is 0 Å². The molecule has 39 heavy (non-hydrogen) atoms. The first-order valence-electron chi connectivity index (χ1n) is 13.2. The van der Waals surface area contributed by atoms with Crippen molar-refractivity contribution >= 4 is 0 Å². The summed E-state index contributed by atoms with van der Waals surface area (Å²) in [6.45, 7) is 13.5. The van der Waals surface area contributed by atoms with Gasteiger partial charge < -0.3 is 9.97 Å². The molecule has 1 aliphatic rings. The van der Waals surface area contributed by atoms with E-state index in [4.69, 9.17) is 0 Å². The van der Waals surface area contributed by atoms with Gasteiger partial charge in [0.15, 0.2) is 0 Å². The number of fused-ring (bicyclic) bond motifs is 3. The topological polar surface area (TPSA) is 25.8 Å². The molecule has 0 saturated heterocycles. The minimum absolute atomic E-state index is 0. The third-order valence-electron chi connectivity index (χ3n) is 8.35. The van der Waals surface area contributed by atoms with Crippen molar-refractivity contribution in [3.63, 3.8) is 0 Å². The van der Waals surface area contributed by atoms with E-state index in [1.54, 1.807) is 0 Å². The predicted molar refractivity (Wildman–Crippen MR) is 158 cm³/mol. The molecule has 0 saturated carbocycles. The molecule has 199 valence electrons. The molecular formula is C36H34IrN2-2. The SMILES string of the molecule is CC1(C)c2c[c-]c(-c3ccccn3)cc2-c2ccccc2C1(C)C.Cc1ccc(-c2[c-]cccc2)nc1C.[Ir]. The Balaban J connectivity index is 0.000000202. The van der Waals surface area contributed by atoms with Gasteiger partial charge in [0, 0.05) is 32.0 Å². The molecule has 1 radical (unpaired) electrons. The first-order chi connectivity index (χ1) is 18.2. The van der Waals surface area contributed by atoms with Gasteiger partial charge >= 0.3 is 0 Å². The van der Waals surface area contributed by atoms with E-state index in [1.807, 2.05) is 61.7 Å². The summed E-state index contributed by atoms with van der Waals surface area (Å²) in [6.07, 6.45) is 1.84. The molecule has 0 atom stereocenters. The Kier molecular flexibility index (Phi) is 8.35. The molecule has 0 spiro atoms. The maximum Gasteiger partial charge on any atom is 0.0295 e. The number of rotatable bonds is 2. The van der Waals surface area contributed by atoms with Gasteiger partial charge in [-0.15, -0.1) is 65.2 Å². The molecule has 3 aromatic carbocycles. The van der Waals surface area contributed by atoms with Gasteiger partial charge in [0.1, 0.15) is 0 Å². The smallest absolute Gasteiger partial charge is 0.0295 e. The quantitative estimate of drug-likeness (QED) is 0.173. The van der Waals surface area contributed by atoms with Gasteiger partial charge in [-0.2, -0.15) is 0 Å². The number of benzene rings is 3. The number of nitrogens with zero attached hydrogens (tertiary/aromatic N) is 2. The van der Waals surface area contributed by atoms with Crippen molar-refractivity contribution < 1.29 is 20.1 Å². The molecule has 0 aliphatic heterocycles. The van der Waals surface area contributed by atoms with E-state index in [9.17, 15) is 0 Å². The summed E-state index contributed by atoms with van der Waals surface area (Å²) in [5.41, 5.74) is 11.9. The third kappa shape index (κ3) is 5.39. The minimum Gasteiger partial charge on any atom is -0.305 e. The van der Waals surface area contributed by atoms with Crippen molar-refractivity contribution in [2.45, 2.75) is 52.4 Å². The average Bonchev–Trinajstić information content (AvgIpc) is 2.95. The van der Waals surface area contributed by atoms with Gasteiger partial charge in [-0.1, -0.05) is 81.8 Å². The van der Waals surface area contributed by atoms with Gasteiger partial charge in [-0.3, -0.25) is 0 Å². The molecule has 0 fully saturated rings. The van der Waals surface area contributed by atoms with Crippen molar-refractivity contribution in [3.8, 4) is 33.6 Å². The van der Waals surface area contributed by atoms with Crippen LogP contribution in [0, 0.1) is 26.0 Å². The van der Waals surface area contributed by atoms with E-state index in [2.05, 4.69) is 99.2 Å². The van der Waals surface area contributed by atoms with Gasteiger partial charge in [0.25, 0.3) is 0 Å². The van der Waals surface area contributed by atoms with Crippen LogP contribution in [0.25, 0.3) is 33.6 Å². The van der Waals surface area contributed by atoms with Crippen molar-refractivity contribution in [1.82, 2.24) is 9.97 Å². The second-order valence-electron chi connectivity index (χ2n) is 11.1. The second kappa shape index (κ2) is 11.4. The van der Waals surface area contributed by atoms with E-state index in [0.29, 0.717) is 0 Å². The first-order valence-corrected chi connectivity index (χ1v) is 13.2. The maximum atomic E-state index is 4.51. The predicted octanol–water partition coefficient (Wildman–Crippen LogP) is 8.95. The molecule has 1 aliphatic carbocycles. The Morgan fingerprint density at radius 2 is 1.36 bits per heavy atom. The van der Waals surface area contributed by atoms with Crippen molar-refractivity contribution in [3.05, 3.63) is 132 Å². The van der Waals surface area contributed by atoms with Crippen molar-refractivity contribution in [2.24, 2.45) is 0 Å². The molecule has 3 heteroatoms. The van der Waals surface area contributed by atoms with Crippen LogP contribution in [-0.2, 0) is 30.9 Å². The Bertz CT molecular complexity index is 1570. The molecule has 2 nitrogen and oxygen atoms in total. The zero-order valence-electron chi connectivity index (χ0n) is 23.5. The summed E-state index contributed by atoms with van der Waals surface area (Å²) < 4.78 is 0. The largest absolute Gasteiger partial charge is 0.305 e. The van der Waals surface area contributed by atoms with Crippen LogP contribution in [0.5, 0.6) is 0 Å². The van der Waals surface area contributed by atoms with Gasteiger partial charge in [-0.25, -0.2) is 0 Å². The van der Waals surface area contributed by atoms with E-state index in [-0.39, 0.29) is 30.9 Å². The van der Waals surface area contributed by atoms with Gasteiger partial charge in [0.2, 0.25) is 0 Å². The summed E-state index contributed by atoms with van der Waals surface area (Å²) in [5.74, 6) is 0. The summed E-state index contributed by atoms with van der Waals surface area (Å²) in [7, 11) is 0. The Morgan fingerprint density at radius 3 is 2.05 bits per heavy atom. The van der Waals surface area contributed by atoms with Crippen molar-refractivity contribution in [1.29, 1.82) is 0 Å². The fourth-order valence-corrected chi connectivity index (χ4v) is 5.17.